The molecule has 2 atom stereocenters. The van der Waals surface area contributed by atoms with Gasteiger partial charge in [-0.3, -0.25) is 4.79 Å². The van der Waals surface area contributed by atoms with Crippen molar-refractivity contribution in [3.63, 3.8) is 0 Å². The van der Waals surface area contributed by atoms with Crippen LogP contribution in [-0.4, -0.2) is 36.9 Å². The van der Waals surface area contributed by atoms with E-state index < -0.39 is 0 Å². The first-order valence-corrected chi connectivity index (χ1v) is 10.7. The van der Waals surface area contributed by atoms with Crippen LogP contribution in [0.1, 0.15) is 48.5 Å². The summed E-state index contributed by atoms with van der Waals surface area (Å²) in [6, 6.07) is 15.9. The maximum Gasteiger partial charge on any atom is 0.166 e. The zero-order valence-electron chi connectivity index (χ0n) is 16.2. The Bertz CT molecular complexity index is 738. The van der Waals surface area contributed by atoms with Gasteiger partial charge in [-0.25, -0.2) is 0 Å². The van der Waals surface area contributed by atoms with E-state index in [9.17, 15) is 4.79 Å². The molecular formula is C23H28BrNO2. The monoisotopic (exact) mass is 429 g/mol. The molecule has 27 heavy (non-hydrogen) atoms. The summed E-state index contributed by atoms with van der Waals surface area (Å²) in [7, 11) is 0. The number of benzene rings is 2. The van der Waals surface area contributed by atoms with Gasteiger partial charge in [-0.05, 0) is 73.8 Å². The molecular weight excluding hydrogens is 402 g/mol. The highest BCUT2D eigenvalue weighted by atomic mass is 79.9. The topological polar surface area (TPSA) is 29.5 Å². The highest BCUT2D eigenvalue weighted by Crippen LogP contribution is 2.49. The molecule has 0 aliphatic heterocycles. The minimum absolute atomic E-state index is 0.118. The molecule has 1 fully saturated rings. The summed E-state index contributed by atoms with van der Waals surface area (Å²) in [5, 5.41) is 0. The van der Waals surface area contributed by atoms with Crippen LogP contribution in [0.15, 0.2) is 53.0 Å². The van der Waals surface area contributed by atoms with Crippen molar-refractivity contribution in [1.82, 2.24) is 4.90 Å². The maximum absolute atomic E-state index is 12.7. The van der Waals surface area contributed by atoms with Crippen molar-refractivity contribution >= 4 is 21.7 Å². The van der Waals surface area contributed by atoms with E-state index in [0.29, 0.717) is 12.5 Å². The fourth-order valence-electron chi connectivity index (χ4n) is 3.51. The fraction of sp³-hybridized carbons (Fsp3) is 0.435. The predicted molar refractivity (Wildman–Crippen MR) is 114 cm³/mol. The molecule has 0 heterocycles. The van der Waals surface area contributed by atoms with Crippen LogP contribution in [0.25, 0.3) is 0 Å². The van der Waals surface area contributed by atoms with E-state index in [1.54, 1.807) is 0 Å². The number of nitrogens with zero attached hydrogens (tertiary/aromatic N) is 1. The van der Waals surface area contributed by atoms with Gasteiger partial charge in [-0.15, -0.1) is 0 Å². The lowest BCUT2D eigenvalue weighted by molar-refractivity contribution is 0.0965. The van der Waals surface area contributed by atoms with Gasteiger partial charge in [0.2, 0.25) is 0 Å². The van der Waals surface area contributed by atoms with E-state index in [2.05, 4.69) is 46.8 Å². The van der Waals surface area contributed by atoms with Gasteiger partial charge in [-0.2, -0.15) is 0 Å². The maximum atomic E-state index is 12.7. The molecule has 2 aromatic rings. The van der Waals surface area contributed by atoms with Crippen LogP contribution in [-0.2, 0) is 0 Å². The number of Topliss-reactive ketones (excluding diaryl/α,β-unsaturated/α-hetero) is 1. The summed E-state index contributed by atoms with van der Waals surface area (Å²) in [6.07, 6.45) is 1.96. The van der Waals surface area contributed by atoms with Crippen molar-refractivity contribution in [1.29, 1.82) is 0 Å². The largest absolute Gasteiger partial charge is 0.494 e. The van der Waals surface area contributed by atoms with E-state index >= 15 is 0 Å². The molecule has 2 unspecified atom stereocenters. The Balaban J connectivity index is 1.47. The average Bonchev–Trinajstić information content (AvgIpc) is 3.49. The Morgan fingerprint density at radius 2 is 1.74 bits per heavy atom. The molecule has 144 valence electrons. The van der Waals surface area contributed by atoms with Crippen molar-refractivity contribution in [2.75, 3.05) is 26.2 Å². The fourth-order valence-corrected chi connectivity index (χ4v) is 3.77. The lowest BCUT2D eigenvalue weighted by atomic mass is 10.0. The van der Waals surface area contributed by atoms with Gasteiger partial charge in [-0.1, -0.05) is 41.9 Å². The standard InChI is InChI=1S/C23H28BrNO2/c1-3-25(4-2)14-5-15-27-20-12-8-18(9-13-20)23(26)22-16-21(22)17-6-10-19(24)11-7-17/h6-13,21-22H,3-5,14-16H2,1-2H3. The highest BCUT2D eigenvalue weighted by Gasteiger charge is 2.43. The van der Waals surface area contributed by atoms with Gasteiger partial charge in [0.15, 0.2) is 5.78 Å². The van der Waals surface area contributed by atoms with Crippen LogP contribution < -0.4 is 4.74 Å². The second-order valence-corrected chi connectivity index (χ2v) is 8.03. The van der Waals surface area contributed by atoms with Gasteiger partial charge in [0.05, 0.1) is 6.61 Å². The number of carbonyl (C=O) groups excluding carboxylic acids is 1. The molecule has 0 amide bonds. The minimum atomic E-state index is 0.118. The Morgan fingerprint density at radius 3 is 2.37 bits per heavy atom. The average molecular weight is 430 g/mol. The van der Waals surface area contributed by atoms with Crippen LogP contribution in [0.4, 0.5) is 0 Å². The van der Waals surface area contributed by atoms with Crippen molar-refractivity contribution in [2.45, 2.75) is 32.6 Å². The molecule has 0 saturated heterocycles. The van der Waals surface area contributed by atoms with Crippen LogP contribution in [0.2, 0.25) is 0 Å². The second kappa shape index (κ2) is 9.52. The first kappa shape index (κ1) is 20.1. The lowest BCUT2D eigenvalue weighted by Gasteiger charge is -2.17. The summed E-state index contributed by atoms with van der Waals surface area (Å²) in [5.74, 6) is 1.57. The summed E-state index contributed by atoms with van der Waals surface area (Å²) in [5.41, 5.74) is 2.04. The number of hydrogen-bond donors (Lipinski definition) is 0. The molecule has 3 rings (SSSR count). The van der Waals surface area contributed by atoms with E-state index in [1.165, 1.54) is 5.56 Å². The van der Waals surface area contributed by atoms with Crippen molar-refractivity contribution in [3.8, 4) is 5.75 Å². The second-order valence-electron chi connectivity index (χ2n) is 7.12. The first-order chi connectivity index (χ1) is 13.1. The summed E-state index contributed by atoms with van der Waals surface area (Å²) in [4.78, 5) is 15.1. The molecule has 0 bridgehead atoms. The Morgan fingerprint density at radius 1 is 1.07 bits per heavy atom. The quantitative estimate of drug-likeness (QED) is 0.366. The predicted octanol–water partition coefficient (Wildman–Crippen LogP) is 5.55. The van der Waals surface area contributed by atoms with E-state index in [4.69, 9.17) is 4.74 Å². The van der Waals surface area contributed by atoms with Crippen molar-refractivity contribution < 1.29 is 9.53 Å². The molecule has 0 radical (unpaired) electrons. The summed E-state index contributed by atoms with van der Waals surface area (Å²) >= 11 is 3.46. The van der Waals surface area contributed by atoms with Crippen molar-refractivity contribution in [2.24, 2.45) is 5.92 Å². The number of ether oxygens (including phenoxy) is 1. The Labute approximate surface area is 170 Å². The molecule has 2 aromatic carbocycles. The number of rotatable bonds is 10. The van der Waals surface area contributed by atoms with Crippen LogP contribution in [0, 0.1) is 5.92 Å². The molecule has 4 heteroatoms. The Kier molecular flexibility index (Phi) is 7.08. The minimum Gasteiger partial charge on any atom is -0.494 e. The first-order valence-electron chi connectivity index (χ1n) is 9.87. The third-order valence-corrected chi connectivity index (χ3v) is 5.87. The lowest BCUT2D eigenvalue weighted by Crippen LogP contribution is -2.25. The van der Waals surface area contributed by atoms with E-state index in [0.717, 1.165) is 48.3 Å². The van der Waals surface area contributed by atoms with Gasteiger partial charge in [0.1, 0.15) is 5.75 Å². The molecule has 1 aliphatic carbocycles. The zero-order chi connectivity index (χ0) is 19.2. The summed E-state index contributed by atoms with van der Waals surface area (Å²) < 4.78 is 6.89. The molecule has 0 N–H and O–H groups in total. The Hall–Kier alpha value is -1.65. The van der Waals surface area contributed by atoms with E-state index in [1.807, 2.05) is 36.4 Å². The number of hydrogen-bond acceptors (Lipinski definition) is 3. The van der Waals surface area contributed by atoms with Crippen molar-refractivity contribution in [3.05, 3.63) is 64.1 Å². The molecule has 0 spiro atoms. The SMILES string of the molecule is CCN(CC)CCCOc1ccc(C(=O)C2CC2c2ccc(Br)cc2)cc1. The molecule has 1 aliphatic rings. The number of ketones is 1. The van der Waals surface area contributed by atoms with Gasteiger partial charge < -0.3 is 9.64 Å². The van der Waals surface area contributed by atoms with Gasteiger partial charge in [0.25, 0.3) is 0 Å². The highest BCUT2D eigenvalue weighted by molar-refractivity contribution is 9.10. The number of carbonyl (C=O) groups is 1. The number of halogens is 1. The van der Waals surface area contributed by atoms with Crippen LogP contribution in [0.5, 0.6) is 5.75 Å². The van der Waals surface area contributed by atoms with Gasteiger partial charge >= 0.3 is 0 Å². The molecule has 0 aromatic heterocycles. The molecule has 1 saturated carbocycles. The zero-order valence-corrected chi connectivity index (χ0v) is 17.7. The van der Waals surface area contributed by atoms with Crippen LogP contribution >= 0.6 is 15.9 Å². The van der Waals surface area contributed by atoms with Gasteiger partial charge in [0, 0.05) is 22.5 Å². The third kappa shape index (κ3) is 5.43. The third-order valence-electron chi connectivity index (χ3n) is 5.35. The summed E-state index contributed by atoms with van der Waals surface area (Å²) in [6.45, 7) is 8.29. The van der Waals surface area contributed by atoms with Crippen LogP contribution in [0.3, 0.4) is 0 Å². The van der Waals surface area contributed by atoms with E-state index in [-0.39, 0.29) is 11.7 Å². The smallest absolute Gasteiger partial charge is 0.166 e. The molecule has 3 nitrogen and oxygen atoms in total. The normalized spacial score (nSPS) is 18.5.